The van der Waals surface area contributed by atoms with Crippen molar-refractivity contribution in [3.8, 4) is 0 Å². The van der Waals surface area contributed by atoms with Gasteiger partial charge in [0.2, 0.25) is 0 Å². The van der Waals surface area contributed by atoms with Crippen molar-refractivity contribution in [3.63, 3.8) is 0 Å². The molecule has 0 saturated carbocycles. The molecule has 1 aromatic rings. The topological polar surface area (TPSA) is 3.24 Å². The van der Waals surface area contributed by atoms with Crippen LogP contribution in [0.15, 0.2) is 24.3 Å². The second-order valence-corrected chi connectivity index (χ2v) is 4.93. The van der Waals surface area contributed by atoms with Gasteiger partial charge in [0.05, 0.1) is 0 Å². The predicted octanol–water partition coefficient (Wildman–Crippen LogP) is 4.18. The Balaban J connectivity index is 2.23. The van der Waals surface area contributed by atoms with Gasteiger partial charge in [-0.3, -0.25) is 0 Å². The first-order chi connectivity index (χ1) is 7.72. The lowest BCUT2D eigenvalue weighted by atomic mass is 10.2. The van der Waals surface area contributed by atoms with Gasteiger partial charge in [0.25, 0.3) is 0 Å². The molecule has 1 nitrogen and oxygen atoms in total. The van der Waals surface area contributed by atoms with Gasteiger partial charge in [-0.05, 0) is 44.1 Å². The summed E-state index contributed by atoms with van der Waals surface area (Å²) < 4.78 is 0. The molecular weight excluding hydrogens is 241 g/mol. The Morgan fingerprint density at radius 3 is 2.38 bits per heavy atom. The van der Waals surface area contributed by atoms with Crippen molar-refractivity contribution >= 4 is 23.2 Å². The maximum absolute atomic E-state index is 5.84. The maximum atomic E-state index is 5.84. The summed E-state index contributed by atoms with van der Waals surface area (Å²) in [6.45, 7) is 2.11. The maximum Gasteiger partial charge on any atom is 0.0406 e. The van der Waals surface area contributed by atoms with Gasteiger partial charge in [0, 0.05) is 17.4 Å². The third kappa shape index (κ3) is 5.74. The molecule has 0 N–H and O–H groups in total. The molecule has 0 unspecified atom stereocenters. The number of halogens is 2. The summed E-state index contributed by atoms with van der Waals surface area (Å²) in [7, 11) is 2.15. The van der Waals surface area contributed by atoms with E-state index < -0.39 is 0 Å². The molecule has 90 valence electrons. The molecule has 0 atom stereocenters. The summed E-state index contributed by atoms with van der Waals surface area (Å²) in [5, 5.41) is 0.800. The van der Waals surface area contributed by atoms with Crippen molar-refractivity contribution in [1.82, 2.24) is 4.90 Å². The summed E-state index contributed by atoms with van der Waals surface area (Å²) in [5.74, 6) is 0.779. The Kier molecular flexibility index (Phi) is 6.86. The van der Waals surface area contributed by atoms with Crippen LogP contribution in [0.25, 0.3) is 0 Å². The van der Waals surface area contributed by atoms with Crippen molar-refractivity contribution < 1.29 is 0 Å². The van der Waals surface area contributed by atoms with Crippen LogP contribution in [0.4, 0.5) is 0 Å². The minimum absolute atomic E-state index is 0.779. The first-order valence-electron chi connectivity index (χ1n) is 5.71. The van der Waals surface area contributed by atoms with E-state index in [4.69, 9.17) is 23.2 Å². The average Bonchev–Trinajstić information content (AvgIpc) is 2.28. The highest BCUT2D eigenvalue weighted by Gasteiger charge is 2.00. The van der Waals surface area contributed by atoms with Crippen LogP contribution < -0.4 is 0 Å². The molecule has 0 bridgehead atoms. The van der Waals surface area contributed by atoms with Gasteiger partial charge in [-0.15, -0.1) is 11.6 Å². The molecule has 0 amide bonds. The monoisotopic (exact) mass is 259 g/mol. The summed E-state index contributed by atoms with van der Waals surface area (Å²) in [6, 6.07) is 8.05. The fourth-order valence-corrected chi connectivity index (χ4v) is 1.95. The molecular formula is C13H19Cl2N. The molecule has 1 aromatic carbocycles. The lowest BCUT2D eigenvalue weighted by molar-refractivity contribution is 0.318. The van der Waals surface area contributed by atoms with Gasteiger partial charge in [-0.2, -0.15) is 0 Å². The van der Waals surface area contributed by atoms with E-state index in [0.717, 1.165) is 30.4 Å². The third-order valence-electron chi connectivity index (χ3n) is 2.54. The first kappa shape index (κ1) is 13.8. The molecule has 16 heavy (non-hydrogen) atoms. The fraction of sp³-hybridized carbons (Fsp3) is 0.538. The molecule has 3 heteroatoms. The van der Waals surface area contributed by atoms with E-state index in [1.165, 1.54) is 18.4 Å². The van der Waals surface area contributed by atoms with Crippen molar-refractivity contribution in [1.29, 1.82) is 0 Å². The number of nitrogens with zero attached hydrogens (tertiary/aromatic N) is 1. The molecule has 0 saturated heterocycles. The van der Waals surface area contributed by atoms with Crippen LogP contribution in [0.5, 0.6) is 0 Å². The number of hydrogen-bond donors (Lipinski definition) is 0. The number of unbranched alkanes of at least 4 members (excludes halogenated alkanes) is 2. The van der Waals surface area contributed by atoms with E-state index in [2.05, 4.69) is 24.1 Å². The predicted molar refractivity (Wildman–Crippen MR) is 72.4 cm³/mol. The van der Waals surface area contributed by atoms with Crippen LogP contribution in [0, 0.1) is 0 Å². The van der Waals surface area contributed by atoms with Crippen molar-refractivity contribution in [2.45, 2.75) is 25.8 Å². The zero-order chi connectivity index (χ0) is 11.8. The lowest BCUT2D eigenvalue weighted by Gasteiger charge is -2.16. The largest absolute Gasteiger partial charge is 0.302 e. The first-order valence-corrected chi connectivity index (χ1v) is 6.62. The van der Waals surface area contributed by atoms with E-state index in [0.29, 0.717) is 0 Å². The fourth-order valence-electron chi connectivity index (χ4n) is 1.63. The van der Waals surface area contributed by atoms with Crippen molar-refractivity contribution in [2.75, 3.05) is 19.5 Å². The molecule has 0 aromatic heterocycles. The van der Waals surface area contributed by atoms with Gasteiger partial charge in [-0.25, -0.2) is 0 Å². The summed E-state index contributed by atoms with van der Waals surface area (Å²) in [5.41, 5.74) is 1.31. The number of alkyl halides is 1. The minimum atomic E-state index is 0.779. The standard InChI is InChI=1S/C13H19Cl2N/c1-16(10-4-2-3-9-14)11-12-5-7-13(15)8-6-12/h5-8H,2-4,9-11H2,1H3. The average molecular weight is 260 g/mol. The van der Waals surface area contributed by atoms with Gasteiger partial charge in [-0.1, -0.05) is 30.2 Å². The van der Waals surface area contributed by atoms with Crippen molar-refractivity contribution in [2.24, 2.45) is 0 Å². The zero-order valence-electron chi connectivity index (χ0n) is 9.76. The highest BCUT2D eigenvalue weighted by atomic mass is 35.5. The highest BCUT2D eigenvalue weighted by Crippen LogP contribution is 2.11. The molecule has 0 aliphatic rings. The van der Waals surface area contributed by atoms with E-state index in [-0.39, 0.29) is 0 Å². The Morgan fingerprint density at radius 2 is 1.75 bits per heavy atom. The van der Waals surface area contributed by atoms with Gasteiger partial charge < -0.3 is 4.90 Å². The molecule has 0 radical (unpaired) electrons. The Morgan fingerprint density at radius 1 is 1.06 bits per heavy atom. The van der Waals surface area contributed by atoms with Gasteiger partial charge in [0.1, 0.15) is 0 Å². The normalized spacial score (nSPS) is 11.0. The van der Waals surface area contributed by atoms with Crippen LogP contribution in [-0.4, -0.2) is 24.4 Å². The van der Waals surface area contributed by atoms with Gasteiger partial charge >= 0.3 is 0 Å². The van der Waals surface area contributed by atoms with Crippen LogP contribution in [0.3, 0.4) is 0 Å². The number of rotatable bonds is 7. The quantitative estimate of drug-likeness (QED) is 0.525. The molecule has 0 fully saturated rings. The van der Waals surface area contributed by atoms with Gasteiger partial charge in [0.15, 0.2) is 0 Å². The SMILES string of the molecule is CN(CCCCCCl)Cc1ccc(Cl)cc1. The zero-order valence-corrected chi connectivity index (χ0v) is 11.3. The Labute approximate surface area is 108 Å². The molecule has 0 spiro atoms. The van der Waals surface area contributed by atoms with E-state index in [1.54, 1.807) is 0 Å². The summed E-state index contributed by atoms with van der Waals surface area (Å²) >= 11 is 11.5. The Bertz CT molecular complexity index is 284. The van der Waals surface area contributed by atoms with Crippen LogP contribution in [0.2, 0.25) is 5.02 Å². The van der Waals surface area contributed by atoms with Crippen LogP contribution in [0.1, 0.15) is 24.8 Å². The second kappa shape index (κ2) is 7.94. The smallest absolute Gasteiger partial charge is 0.0406 e. The van der Waals surface area contributed by atoms with Crippen LogP contribution in [-0.2, 0) is 6.54 Å². The Hall–Kier alpha value is -0.240. The number of hydrogen-bond acceptors (Lipinski definition) is 1. The molecule has 0 aliphatic heterocycles. The number of benzene rings is 1. The molecule has 1 rings (SSSR count). The molecule has 0 heterocycles. The van der Waals surface area contributed by atoms with E-state index in [9.17, 15) is 0 Å². The molecule has 0 aliphatic carbocycles. The second-order valence-electron chi connectivity index (χ2n) is 4.11. The summed E-state index contributed by atoms with van der Waals surface area (Å²) in [6.07, 6.45) is 3.56. The minimum Gasteiger partial charge on any atom is -0.302 e. The van der Waals surface area contributed by atoms with E-state index >= 15 is 0 Å². The lowest BCUT2D eigenvalue weighted by Crippen LogP contribution is -2.19. The summed E-state index contributed by atoms with van der Waals surface area (Å²) in [4.78, 5) is 2.33. The van der Waals surface area contributed by atoms with Crippen LogP contribution >= 0.6 is 23.2 Å². The third-order valence-corrected chi connectivity index (χ3v) is 3.06. The van der Waals surface area contributed by atoms with Crippen molar-refractivity contribution in [3.05, 3.63) is 34.9 Å². The van der Waals surface area contributed by atoms with E-state index in [1.807, 2.05) is 12.1 Å². The highest BCUT2D eigenvalue weighted by molar-refractivity contribution is 6.30.